The zero-order valence-corrected chi connectivity index (χ0v) is 31.1. The van der Waals surface area contributed by atoms with Crippen molar-refractivity contribution < 1.29 is 28.7 Å². The first-order valence-electron chi connectivity index (χ1n) is 18.6. The highest BCUT2D eigenvalue weighted by Crippen LogP contribution is 2.43. The molecule has 1 spiro atoms. The second-order valence-electron chi connectivity index (χ2n) is 15.0. The van der Waals surface area contributed by atoms with E-state index in [1.165, 1.54) is 0 Å². The zero-order chi connectivity index (χ0) is 38.4. The number of methoxy groups -OCH3 is 2. The fraction of sp³-hybridized carbons (Fsp3) is 0.381. The fourth-order valence-electron chi connectivity index (χ4n) is 8.66. The Balaban J connectivity index is 0.847. The van der Waals surface area contributed by atoms with Crippen LogP contribution in [0.5, 0.6) is 11.5 Å². The summed E-state index contributed by atoms with van der Waals surface area (Å²) in [6.45, 7) is 5.75. The maximum absolute atomic E-state index is 13.1. The molecule has 4 aromatic rings. The van der Waals surface area contributed by atoms with Gasteiger partial charge in [0.25, 0.3) is 17.4 Å². The highest BCUT2D eigenvalue weighted by atomic mass is 16.5. The van der Waals surface area contributed by atoms with Crippen LogP contribution >= 0.6 is 0 Å². The molecule has 1 N–H and O–H groups in total. The number of ether oxygens (including phenoxy) is 2. The van der Waals surface area contributed by atoms with Crippen molar-refractivity contribution in [1.82, 2.24) is 29.6 Å². The van der Waals surface area contributed by atoms with Crippen molar-refractivity contribution >= 4 is 34.4 Å². The first kappa shape index (κ1) is 36.2. The Bertz CT molecular complexity index is 2360. The summed E-state index contributed by atoms with van der Waals surface area (Å²) in [5, 5.41) is 3.61. The number of carbonyl (C=O) groups excluding carboxylic acids is 4. The second kappa shape index (κ2) is 14.4. The van der Waals surface area contributed by atoms with E-state index in [1.54, 1.807) is 56.4 Å². The number of hydrogen-bond acceptors (Lipinski definition) is 10. The van der Waals surface area contributed by atoms with E-state index < -0.39 is 29.7 Å². The predicted octanol–water partition coefficient (Wildman–Crippen LogP) is 3.36. The van der Waals surface area contributed by atoms with Crippen LogP contribution < -0.4 is 20.3 Å². The standard InChI is InChI=1S/C42H42N6O7/c1-45-21-32(28-12-14-43-20-31(28)39(45)51)27-18-35(54-2)33(36(19-27)55-3)22-47-24-42(25-47)13-16-46(23-42)15-6-4-5-7-26-8-9-29-30(17-26)41(53)48(40(29)52)34-10-11-37(49)44-38(34)50/h8-9,12,14,17-21,34H,4,6,10-11,13,15-16,22-25H2,1-3H3,(H,44,49,50). The molecule has 55 heavy (non-hydrogen) atoms. The normalized spacial score (nSPS) is 19.3. The number of carbonyl (C=O) groups is 4. The summed E-state index contributed by atoms with van der Waals surface area (Å²) in [6, 6.07) is 9.86. The van der Waals surface area contributed by atoms with Crippen molar-refractivity contribution in [2.75, 3.05) is 46.9 Å². The van der Waals surface area contributed by atoms with Crippen LogP contribution in [0.1, 0.15) is 63.9 Å². The maximum Gasteiger partial charge on any atom is 0.262 e. The van der Waals surface area contributed by atoms with Crippen LogP contribution in [0.25, 0.3) is 21.9 Å². The van der Waals surface area contributed by atoms with Crippen LogP contribution in [0.15, 0.2) is 59.8 Å². The number of pyridine rings is 2. The van der Waals surface area contributed by atoms with Crippen LogP contribution in [0, 0.1) is 17.3 Å². The van der Waals surface area contributed by atoms with E-state index in [0.29, 0.717) is 23.9 Å². The highest BCUT2D eigenvalue weighted by molar-refractivity contribution is 6.23. The highest BCUT2D eigenvalue weighted by Gasteiger charge is 2.47. The zero-order valence-electron chi connectivity index (χ0n) is 31.1. The van der Waals surface area contributed by atoms with Crippen LogP contribution in [0.2, 0.25) is 0 Å². The Hall–Kier alpha value is -5.84. The van der Waals surface area contributed by atoms with Gasteiger partial charge in [0, 0.05) is 81.2 Å². The first-order valence-corrected chi connectivity index (χ1v) is 18.6. The summed E-state index contributed by atoms with van der Waals surface area (Å²) in [4.78, 5) is 72.9. The molecule has 1 atom stereocenters. The van der Waals surface area contributed by atoms with Gasteiger partial charge in [-0.05, 0) is 79.7 Å². The van der Waals surface area contributed by atoms with Gasteiger partial charge in [0.2, 0.25) is 11.8 Å². The summed E-state index contributed by atoms with van der Waals surface area (Å²) >= 11 is 0. The Labute approximate surface area is 318 Å². The van der Waals surface area contributed by atoms with Crippen LogP contribution in [0.4, 0.5) is 0 Å². The Kier molecular flexibility index (Phi) is 9.48. The molecule has 3 saturated heterocycles. The predicted molar refractivity (Wildman–Crippen MR) is 204 cm³/mol. The molecule has 3 fully saturated rings. The SMILES string of the molecule is COc1cc(-c2cn(C)c(=O)c3cnccc23)cc(OC)c1CN1CC2(CCN(CCCC#Cc3ccc4c(c3)C(=O)N(C3CCC(=O)NC3=O)C4=O)C2)C1. The Morgan fingerprint density at radius 1 is 0.909 bits per heavy atom. The number of piperidine rings is 1. The third kappa shape index (κ3) is 6.66. The van der Waals surface area contributed by atoms with E-state index in [0.717, 1.165) is 84.0 Å². The number of benzene rings is 2. The number of fused-ring (bicyclic) bond motifs is 2. The largest absolute Gasteiger partial charge is 0.496 e. The van der Waals surface area contributed by atoms with Gasteiger partial charge < -0.3 is 18.9 Å². The minimum atomic E-state index is -0.989. The fourth-order valence-corrected chi connectivity index (χ4v) is 8.66. The molecule has 0 saturated carbocycles. The summed E-state index contributed by atoms with van der Waals surface area (Å²) < 4.78 is 13.4. The molecular weight excluding hydrogens is 700 g/mol. The molecule has 13 nitrogen and oxygen atoms in total. The minimum Gasteiger partial charge on any atom is -0.496 e. The molecule has 2 aromatic heterocycles. The lowest BCUT2D eigenvalue weighted by molar-refractivity contribution is -0.136. The molecule has 0 radical (unpaired) electrons. The van der Waals surface area contributed by atoms with E-state index in [4.69, 9.17) is 9.47 Å². The summed E-state index contributed by atoms with van der Waals surface area (Å²) in [6.07, 6.45) is 8.12. The second-order valence-corrected chi connectivity index (χ2v) is 15.0. The topological polar surface area (TPSA) is 143 Å². The molecule has 4 aliphatic rings. The molecular formula is C42H42N6O7. The van der Waals surface area contributed by atoms with Gasteiger partial charge in [-0.15, -0.1) is 0 Å². The number of likely N-dealkylation sites (tertiary alicyclic amines) is 2. The number of aromatic nitrogens is 2. The monoisotopic (exact) mass is 742 g/mol. The number of imide groups is 2. The van der Waals surface area contributed by atoms with E-state index in [1.807, 2.05) is 24.4 Å². The lowest BCUT2D eigenvalue weighted by atomic mass is 9.79. The smallest absolute Gasteiger partial charge is 0.262 e. The number of amides is 4. The molecule has 8 rings (SSSR count). The third-order valence-electron chi connectivity index (χ3n) is 11.4. The van der Waals surface area contributed by atoms with E-state index in [2.05, 4.69) is 31.9 Å². The van der Waals surface area contributed by atoms with Crippen molar-refractivity contribution in [2.24, 2.45) is 12.5 Å². The van der Waals surface area contributed by atoms with Gasteiger partial charge in [0.1, 0.15) is 17.5 Å². The molecule has 2 aromatic carbocycles. The molecule has 4 amide bonds. The van der Waals surface area contributed by atoms with Gasteiger partial charge in [0.15, 0.2) is 0 Å². The van der Waals surface area contributed by atoms with E-state index >= 15 is 0 Å². The maximum atomic E-state index is 13.1. The average molecular weight is 743 g/mol. The van der Waals surface area contributed by atoms with E-state index in [-0.39, 0.29) is 34.9 Å². The average Bonchev–Trinajstić information content (AvgIpc) is 3.70. The number of rotatable bonds is 9. The number of nitrogens with zero attached hydrogens (tertiary/aromatic N) is 5. The van der Waals surface area contributed by atoms with Gasteiger partial charge in [-0.3, -0.25) is 44.1 Å². The van der Waals surface area contributed by atoms with Crippen LogP contribution in [0.3, 0.4) is 0 Å². The lowest BCUT2D eigenvalue weighted by Crippen LogP contribution is -2.56. The molecule has 1 unspecified atom stereocenters. The third-order valence-corrected chi connectivity index (χ3v) is 11.4. The van der Waals surface area contributed by atoms with Crippen molar-refractivity contribution in [2.45, 2.75) is 44.7 Å². The van der Waals surface area contributed by atoms with Gasteiger partial charge in [-0.25, -0.2) is 0 Å². The van der Waals surface area contributed by atoms with Gasteiger partial charge >= 0.3 is 0 Å². The lowest BCUT2D eigenvalue weighted by Gasteiger charge is -2.48. The van der Waals surface area contributed by atoms with E-state index in [9.17, 15) is 24.0 Å². The number of unbranched alkanes of at least 4 members (excludes halogenated alkanes) is 1. The number of aryl methyl sites for hydroxylation is 1. The number of nitrogens with one attached hydrogen (secondary N) is 1. The first-order chi connectivity index (χ1) is 26.6. The molecule has 0 bridgehead atoms. The van der Waals surface area contributed by atoms with Crippen molar-refractivity contribution in [3.05, 3.63) is 87.6 Å². The molecule has 0 aliphatic carbocycles. The Morgan fingerprint density at radius 2 is 1.65 bits per heavy atom. The molecule has 282 valence electrons. The van der Waals surface area contributed by atoms with Gasteiger partial charge in [-0.1, -0.05) is 11.8 Å². The molecule has 13 heteroatoms. The summed E-state index contributed by atoms with van der Waals surface area (Å²) in [5.74, 6) is 5.77. The summed E-state index contributed by atoms with van der Waals surface area (Å²) in [5.41, 5.74) is 4.10. The molecule has 4 aliphatic heterocycles. The van der Waals surface area contributed by atoms with Gasteiger partial charge in [-0.2, -0.15) is 0 Å². The number of hydrogen-bond donors (Lipinski definition) is 1. The van der Waals surface area contributed by atoms with Crippen molar-refractivity contribution in [3.8, 4) is 34.5 Å². The van der Waals surface area contributed by atoms with Crippen molar-refractivity contribution in [3.63, 3.8) is 0 Å². The summed E-state index contributed by atoms with van der Waals surface area (Å²) in [7, 11) is 5.10. The minimum absolute atomic E-state index is 0.0805. The van der Waals surface area contributed by atoms with Gasteiger partial charge in [0.05, 0.1) is 36.3 Å². The van der Waals surface area contributed by atoms with Crippen LogP contribution in [-0.2, 0) is 23.2 Å². The van der Waals surface area contributed by atoms with Crippen LogP contribution in [-0.4, -0.2) is 101 Å². The van der Waals surface area contributed by atoms with Crippen molar-refractivity contribution in [1.29, 1.82) is 0 Å². The quantitative estimate of drug-likeness (QED) is 0.154. The molecule has 6 heterocycles. The Morgan fingerprint density at radius 3 is 2.40 bits per heavy atom.